The highest BCUT2D eigenvalue weighted by atomic mass is 16.3. The molecule has 1 nitrogen and oxygen atoms in total. The van der Waals surface area contributed by atoms with Gasteiger partial charge in [0.1, 0.15) is 11.2 Å². The third-order valence-corrected chi connectivity index (χ3v) is 13.8. The van der Waals surface area contributed by atoms with Crippen LogP contribution in [0.5, 0.6) is 0 Å². The minimum Gasteiger partial charge on any atom is -0.456 e. The second kappa shape index (κ2) is 13.1. The van der Waals surface area contributed by atoms with Gasteiger partial charge in [-0.1, -0.05) is 176 Å². The van der Waals surface area contributed by atoms with Crippen LogP contribution in [0.15, 0.2) is 223 Å². The Hall–Kier alpha value is -8.26. The van der Waals surface area contributed by atoms with Crippen LogP contribution in [0, 0.1) is 0 Å². The number of fused-ring (bicyclic) bond motifs is 14. The molecule has 0 aliphatic heterocycles. The lowest BCUT2D eigenvalue weighted by molar-refractivity contribution is 0.669. The van der Waals surface area contributed by atoms with E-state index in [-0.39, 0.29) is 0 Å². The van der Waals surface area contributed by atoms with Crippen molar-refractivity contribution in [1.29, 1.82) is 0 Å². The van der Waals surface area contributed by atoms with Crippen LogP contribution in [0.2, 0.25) is 0 Å². The molecule has 0 atom stereocenters. The highest BCUT2D eigenvalue weighted by Gasteiger charge is 2.22. The molecule has 0 radical (unpaired) electrons. The zero-order valence-corrected chi connectivity index (χ0v) is 34.2. The Morgan fingerprint density at radius 3 is 1.35 bits per heavy atom. The topological polar surface area (TPSA) is 13.1 Å². The standard InChI is InChI=1S/C62H36O/c1-2-15-37(16-3-1)42-27-14-28-51-52(42)33-40-19-6-7-20-43(40)61(51)62-49-25-12-10-23-47(49)60(48-24-11-13-26-50(48)62)41-29-30-46-57-35-55-54-32-39-18-5-4-17-38(39)31-53(54)44-21-8-9-22-45(44)56(55)36-59(57)63-58(46)34-41/h1-36H. The second-order valence-corrected chi connectivity index (χ2v) is 17.1. The lowest BCUT2D eigenvalue weighted by Gasteiger charge is -2.21. The van der Waals surface area contributed by atoms with Crippen molar-refractivity contribution in [3.05, 3.63) is 218 Å². The third kappa shape index (κ3) is 4.99. The predicted molar refractivity (Wildman–Crippen MR) is 270 cm³/mol. The Balaban J connectivity index is 1.03. The number of hydrogen-bond acceptors (Lipinski definition) is 1. The highest BCUT2D eigenvalue weighted by molar-refractivity contribution is 6.31. The van der Waals surface area contributed by atoms with Gasteiger partial charge in [0.2, 0.25) is 0 Å². The first-order valence-corrected chi connectivity index (χ1v) is 21.8. The van der Waals surface area contributed by atoms with Gasteiger partial charge in [0.15, 0.2) is 0 Å². The fraction of sp³-hybridized carbons (Fsp3) is 0. The molecule has 0 saturated heterocycles. The van der Waals surface area contributed by atoms with Gasteiger partial charge in [-0.15, -0.1) is 0 Å². The molecule has 0 saturated carbocycles. The summed E-state index contributed by atoms with van der Waals surface area (Å²) in [6, 6.07) is 80.6. The minimum absolute atomic E-state index is 0.891. The van der Waals surface area contributed by atoms with Gasteiger partial charge >= 0.3 is 0 Å². The zero-order chi connectivity index (χ0) is 41.2. The van der Waals surface area contributed by atoms with E-state index >= 15 is 0 Å². The monoisotopic (exact) mass is 796 g/mol. The van der Waals surface area contributed by atoms with Gasteiger partial charge in [-0.3, -0.25) is 0 Å². The van der Waals surface area contributed by atoms with E-state index in [0.717, 1.165) is 27.5 Å². The molecule has 1 heterocycles. The number of rotatable bonds is 3. The van der Waals surface area contributed by atoms with Crippen molar-refractivity contribution in [1.82, 2.24) is 0 Å². The van der Waals surface area contributed by atoms with E-state index in [2.05, 4.69) is 218 Å². The average molecular weight is 797 g/mol. The lowest BCUT2D eigenvalue weighted by Crippen LogP contribution is -1.93. The Bertz CT molecular complexity index is 4190. The van der Waals surface area contributed by atoms with E-state index in [0.29, 0.717) is 0 Å². The van der Waals surface area contributed by atoms with Gasteiger partial charge in [-0.2, -0.15) is 0 Å². The van der Waals surface area contributed by atoms with E-state index in [4.69, 9.17) is 4.42 Å². The smallest absolute Gasteiger partial charge is 0.136 e. The third-order valence-electron chi connectivity index (χ3n) is 13.8. The Morgan fingerprint density at radius 1 is 0.206 bits per heavy atom. The first-order chi connectivity index (χ1) is 31.2. The molecule has 0 amide bonds. The second-order valence-electron chi connectivity index (χ2n) is 17.1. The van der Waals surface area contributed by atoms with E-state index in [1.165, 1.54) is 114 Å². The van der Waals surface area contributed by atoms with Crippen molar-refractivity contribution >= 4 is 108 Å². The summed E-state index contributed by atoms with van der Waals surface area (Å²) in [4.78, 5) is 0. The molecule has 290 valence electrons. The van der Waals surface area contributed by atoms with Crippen molar-refractivity contribution in [3.8, 4) is 33.4 Å². The van der Waals surface area contributed by atoms with Crippen LogP contribution in [-0.4, -0.2) is 0 Å². The Labute approximate surface area is 362 Å². The fourth-order valence-corrected chi connectivity index (χ4v) is 11.0. The molecule has 1 aromatic heterocycles. The van der Waals surface area contributed by atoms with Gasteiger partial charge < -0.3 is 4.42 Å². The summed E-state index contributed by atoms with van der Waals surface area (Å²) in [6.07, 6.45) is 0. The number of hydrogen-bond donors (Lipinski definition) is 0. The van der Waals surface area contributed by atoms with Gasteiger partial charge in [0.25, 0.3) is 0 Å². The first kappa shape index (κ1) is 34.5. The fourth-order valence-electron chi connectivity index (χ4n) is 11.0. The predicted octanol–water partition coefficient (Wildman–Crippen LogP) is 17.8. The molecule has 0 unspecified atom stereocenters. The van der Waals surface area contributed by atoms with Crippen LogP contribution < -0.4 is 0 Å². The van der Waals surface area contributed by atoms with Crippen LogP contribution in [-0.2, 0) is 0 Å². The zero-order valence-electron chi connectivity index (χ0n) is 34.2. The molecule has 63 heavy (non-hydrogen) atoms. The molecule has 0 aliphatic carbocycles. The molecule has 0 spiro atoms. The van der Waals surface area contributed by atoms with E-state index in [1.807, 2.05) is 0 Å². The van der Waals surface area contributed by atoms with Gasteiger partial charge in [-0.25, -0.2) is 0 Å². The normalized spacial score (nSPS) is 12.1. The maximum absolute atomic E-state index is 6.92. The maximum Gasteiger partial charge on any atom is 0.136 e. The van der Waals surface area contributed by atoms with Crippen molar-refractivity contribution in [3.63, 3.8) is 0 Å². The van der Waals surface area contributed by atoms with Gasteiger partial charge in [-0.05, 0) is 162 Å². The molecule has 14 aromatic rings. The van der Waals surface area contributed by atoms with Crippen molar-refractivity contribution < 1.29 is 4.42 Å². The first-order valence-electron chi connectivity index (χ1n) is 21.8. The molecule has 0 bridgehead atoms. The number of benzene rings is 13. The average Bonchev–Trinajstić information content (AvgIpc) is 3.71. The highest BCUT2D eigenvalue weighted by Crippen LogP contribution is 2.49. The van der Waals surface area contributed by atoms with Crippen molar-refractivity contribution in [2.45, 2.75) is 0 Å². The molecule has 0 aliphatic rings. The van der Waals surface area contributed by atoms with Gasteiger partial charge in [0.05, 0.1) is 0 Å². The van der Waals surface area contributed by atoms with E-state index < -0.39 is 0 Å². The summed E-state index contributed by atoms with van der Waals surface area (Å²) in [5.41, 5.74) is 9.15. The largest absolute Gasteiger partial charge is 0.456 e. The van der Waals surface area contributed by atoms with Crippen LogP contribution in [0.1, 0.15) is 0 Å². The molecule has 0 fully saturated rings. The molecule has 14 rings (SSSR count). The van der Waals surface area contributed by atoms with Crippen LogP contribution in [0.3, 0.4) is 0 Å². The molecule has 0 N–H and O–H groups in total. The summed E-state index contributed by atoms with van der Waals surface area (Å²) in [7, 11) is 0. The summed E-state index contributed by atoms with van der Waals surface area (Å²) in [6.45, 7) is 0. The van der Waals surface area contributed by atoms with Gasteiger partial charge in [0, 0.05) is 10.8 Å². The van der Waals surface area contributed by atoms with Crippen molar-refractivity contribution in [2.24, 2.45) is 0 Å². The Kier molecular flexibility index (Phi) is 7.17. The minimum atomic E-state index is 0.891. The maximum atomic E-state index is 6.92. The quantitative estimate of drug-likeness (QED) is 0.128. The number of furan rings is 1. The molecular formula is C62H36O. The van der Waals surface area contributed by atoms with E-state index in [1.54, 1.807) is 0 Å². The molecular weight excluding hydrogens is 761 g/mol. The Morgan fingerprint density at radius 2 is 0.667 bits per heavy atom. The molecule has 13 aromatic carbocycles. The van der Waals surface area contributed by atoms with Crippen LogP contribution in [0.25, 0.3) is 141 Å². The van der Waals surface area contributed by atoms with E-state index in [9.17, 15) is 0 Å². The lowest BCUT2D eigenvalue weighted by atomic mass is 9.82. The molecule has 1 heteroatoms. The van der Waals surface area contributed by atoms with Crippen LogP contribution in [0.4, 0.5) is 0 Å². The summed E-state index contributed by atoms with van der Waals surface area (Å²) in [5, 5.41) is 22.2. The summed E-state index contributed by atoms with van der Waals surface area (Å²) in [5.74, 6) is 0. The summed E-state index contributed by atoms with van der Waals surface area (Å²) >= 11 is 0. The van der Waals surface area contributed by atoms with Crippen LogP contribution >= 0.6 is 0 Å². The SMILES string of the molecule is c1ccc(-c2cccc3c(-c4c5ccccc5c(-c5ccc6c(c5)oc5cc7c8ccccc8c8cc9ccccc9cc8c7cc56)c5ccccc45)c4ccccc4cc23)cc1. The summed E-state index contributed by atoms with van der Waals surface area (Å²) < 4.78 is 6.92. The van der Waals surface area contributed by atoms with Crippen molar-refractivity contribution in [2.75, 3.05) is 0 Å².